The third-order valence-electron chi connectivity index (χ3n) is 7.08. The number of phenols is 1. The number of benzene rings is 1. The molecule has 10 heteroatoms. The van der Waals surface area contributed by atoms with Crippen LogP contribution in [0.2, 0.25) is 0 Å². The second kappa shape index (κ2) is 8.12. The van der Waals surface area contributed by atoms with Gasteiger partial charge in [-0.1, -0.05) is 6.07 Å². The molecular weight excluding hydrogens is 437 g/mol. The number of anilines is 1. The number of phenolic OH excluding ortho intramolecular Hbond substituents is 1. The summed E-state index contributed by atoms with van der Waals surface area (Å²) < 4.78 is 19.2. The maximum atomic E-state index is 14.2. The van der Waals surface area contributed by atoms with Crippen LogP contribution in [0.5, 0.6) is 11.8 Å². The largest absolute Gasteiger partial charge is 0.507 e. The molecule has 178 valence electrons. The molecule has 1 aromatic carbocycles. The van der Waals surface area contributed by atoms with E-state index in [4.69, 9.17) is 4.74 Å². The summed E-state index contributed by atoms with van der Waals surface area (Å²) in [6.07, 6.45) is 7.14. The zero-order valence-corrected chi connectivity index (χ0v) is 19.7. The normalized spacial score (nSPS) is 25.9. The number of hydrogen-bond donors (Lipinski definition) is 2. The Morgan fingerprint density at radius 2 is 1.85 bits per heavy atom. The van der Waals surface area contributed by atoms with Crippen molar-refractivity contribution < 1.29 is 14.2 Å². The number of rotatable bonds is 5. The molecule has 3 atom stereocenters. The molecule has 0 amide bonds. The Balaban J connectivity index is 1.37. The smallest absolute Gasteiger partial charge is 0.316 e. The molecule has 3 aromatic rings. The zero-order valence-electron chi connectivity index (χ0n) is 19.7. The van der Waals surface area contributed by atoms with Crippen molar-refractivity contribution in [1.82, 2.24) is 30.5 Å². The molecule has 5 rings (SSSR count). The van der Waals surface area contributed by atoms with E-state index in [0.29, 0.717) is 23.0 Å². The molecular formula is C24H28FN7O2. The van der Waals surface area contributed by atoms with Gasteiger partial charge in [-0.2, -0.15) is 4.98 Å². The maximum Gasteiger partial charge on any atom is 0.316 e. The van der Waals surface area contributed by atoms with Gasteiger partial charge in [-0.25, -0.2) is 14.4 Å². The topological polar surface area (TPSA) is 109 Å². The molecule has 2 aromatic heterocycles. The lowest BCUT2D eigenvalue weighted by atomic mass is 9.84. The number of nitrogens with zero attached hydrogens (tertiary/aromatic N) is 6. The van der Waals surface area contributed by atoms with Gasteiger partial charge in [-0.05, 0) is 51.7 Å². The summed E-state index contributed by atoms with van der Waals surface area (Å²) in [5, 5.41) is 23.1. The Morgan fingerprint density at radius 1 is 1.12 bits per heavy atom. The van der Waals surface area contributed by atoms with E-state index in [9.17, 15) is 9.50 Å². The van der Waals surface area contributed by atoms with Crippen molar-refractivity contribution in [2.45, 2.75) is 56.7 Å². The van der Waals surface area contributed by atoms with Crippen LogP contribution in [-0.2, 0) is 0 Å². The first kappa shape index (κ1) is 22.4. The molecule has 2 N–H and O–H groups in total. The predicted octanol–water partition coefficient (Wildman–Crippen LogP) is 3.35. The molecule has 0 spiro atoms. The molecule has 2 bridgehead atoms. The fraction of sp³-hybridized carbons (Fsp3) is 0.458. The van der Waals surface area contributed by atoms with E-state index in [1.54, 1.807) is 18.3 Å². The van der Waals surface area contributed by atoms with E-state index in [-0.39, 0.29) is 34.4 Å². The molecule has 2 fully saturated rings. The average Bonchev–Trinajstić information content (AvgIpc) is 3.05. The van der Waals surface area contributed by atoms with Crippen molar-refractivity contribution in [3.05, 3.63) is 36.4 Å². The highest BCUT2D eigenvalue weighted by atomic mass is 19.1. The summed E-state index contributed by atoms with van der Waals surface area (Å²) in [6.45, 7) is 4.59. The molecule has 2 aliphatic rings. The van der Waals surface area contributed by atoms with Crippen molar-refractivity contribution in [1.29, 1.82) is 0 Å². The van der Waals surface area contributed by atoms with Crippen molar-refractivity contribution in [3.8, 4) is 34.4 Å². The third-order valence-corrected chi connectivity index (χ3v) is 7.08. The second-order valence-corrected chi connectivity index (χ2v) is 9.84. The molecule has 0 radical (unpaired) electrons. The maximum absolute atomic E-state index is 14.2. The lowest BCUT2D eigenvalue weighted by Gasteiger charge is -2.45. The molecule has 2 aliphatic heterocycles. The first-order chi connectivity index (χ1) is 16.2. The standard InChI is InChI=1S/C24H28FN7O2/c1-23-7-8-24(2,31-23)11-15(10-23)32(3)19-13-26-21(30-29-19)16-6-5-14(9-18(16)33)20-17(25)12-27-22(28-20)34-4/h5-6,9,12-13,15,31,33H,7-8,10-11H2,1-4H3/t15-,23-,24+. The van der Waals surface area contributed by atoms with Crippen LogP contribution in [0.25, 0.3) is 22.6 Å². The highest BCUT2D eigenvalue weighted by Crippen LogP contribution is 2.43. The van der Waals surface area contributed by atoms with Gasteiger partial charge in [0.25, 0.3) is 0 Å². The van der Waals surface area contributed by atoms with Gasteiger partial charge < -0.3 is 20.1 Å². The number of piperidine rings is 1. The Bertz CT molecular complexity index is 1210. The van der Waals surface area contributed by atoms with Gasteiger partial charge in [0.15, 0.2) is 17.5 Å². The van der Waals surface area contributed by atoms with Crippen LogP contribution < -0.4 is 15.0 Å². The lowest BCUT2D eigenvalue weighted by molar-refractivity contribution is 0.207. The summed E-state index contributed by atoms with van der Waals surface area (Å²) in [7, 11) is 3.43. The van der Waals surface area contributed by atoms with E-state index in [1.807, 2.05) is 7.05 Å². The molecule has 0 saturated carbocycles. The number of aromatic nitrogens is 5. The number of fused-ring (bicyclic) bond motifs is 2. The number of ether oxygens (including phenoxy) is 1. The van der Waals surface area contributed by atoms with Crippen LogP contribution in [0.3, 0.4) is 0 Å². The molecule has 34 heavy (non-hydrogen) atoms. The number of hydrogen-bond acceptors (Lipinski definition) is 9. The van der Waals surface area contributed by atoms with Crippen LogP contribution in [0.15, 0.2) is 30.6 Å². The highest BCUT2D eigenvalue weighted by Gasteiger charge is 2.49. The minimum Gasteiger partial charge on any atom is -0.507 e. The molecule has 2 saturated heterocycles. The lowest BCUT2D eigenvalue weighted by Crippen LogP contribution is -2.58. The summed E-state index contributed by atoms with van der Waals surface area (Å²) in [4.78, 5) is 14.4. The summed E-state index contributed by atoms with van der Waals surface area (Å²) >= 11 is 0. The second-order valence-electron chi connectivity index (χ2n) is 9.84. The number of methoxy groups -OCH3 is 1. The van der Waals surface area contributed by atoms with Gasteiger partial charge in [0, 0.05) is 29.7 Å². The third kappa shape index (κ3) is 4.02. The van der Waals surface area contributed by atoms with Crippen LogP contribution >= 0.6 is 0 Å². The fourth-order valence-electron chi connectivity index (χ4n) is 5.36. The summed E-state index contributed by atoms with van der Waals surface area (Å²) in [6, 6.07) is 5.04. The van der Waals surface area contributed by atoms with Crippen LogP contribution in [0, 0.1) is 5.82 Å². The summed E-state index contributed by atoms with van der Waals surface area (Å²) in [5.41, 5.74) is 1.10. The first-order valence-corrected chi connectivity index (χ1v) is 11.3. The van der Waals surface area contributed by atoms with Crippen molar-refractivity contribution in [3.63, 3.8) is 0 Å². The van der Waals surface area contributed by atoms with Gasteiger partial charge >= 0.3 is 6.01 Å². The quantitative estimate of drug-likeness (QED) is 0.586. The van der Waals surface area contributed by atoms with E-state index >= 15 is 0 Å². The minimum atomic E-state index is -0.618. The van der Waals surface area contributed by atoms with Crippen LogP contribution in [0.4, 0.5) is 10.2 Å². The first-order valence-electron chi connectivity index (χ1n) is 11.3. The molecule has 0 aliphatic carbocycles. The van der Waals surface area contributed by atoms with Crippen LogP contribution in [0.1, 0.15) is 39.5 Å². The number of nitrogens with one attached hydrogen (secondary N) is 1. The zero-order chi connectivity index (χ0) is 24.1. The van der Waals surface area contributed by atoms with Gasteiger partial charge in [0.2, 0.25) is 0 Å². The Kier molecular flexibility index (Phi) is 5.35. The van der Waals surface area contributed by atoms with E-state index in [2.05, 4.69) is 49.2 Å². The van der Waals surface area contributed by atoms with Gasteiger partial charge in [0.05, 0.1) is 25.1 Å². The van der Waals surface area contributed by atoms with E-state index in [1.165, 1.54) is 26.0 Å². The predicted molar refractivity (Wildman–Crippen MR) is 125 cm³/mol. The Labute approximate surface area is 197 Å². The average molecular weight is 466 g/mol. The summed E-state index contributed by atoms with van der Waals surface area (Å²) in [5.74, 6) is 0.250. The molecule has 9 nitrogen and oxygen atoms in total. The monoisotopic (exact) mass is 465 g/mol. The van der Waals surface area contributed by atoms with E-state index in [0.717, 1.165) is 19.0 Å². The Morgan fingerprint density at radius 3 is 2.47 bits per heavy atom. The van der Waals surface area contributed by atoms with Crippen molar-refractivity contribution >= 4 is 5.82 Å². The molecule has 0 unspecified atom stereocenters. The number of halogens is 1. The Hall–Kier alpha value is -3.40. The van der Waals surface area contributed by atoms with Gasteiger partial charge in [-0.15, -0.1) is 10.2 Å². The van der Waals surface area contributed by atoms with Crippen molar-refractivity contribution in [2.24, 2.45) is 0 Å². The van der Waals surface area contributed by atoms with Gasteiger partial charge in [0.1, 0.15) is 11.4 Å². The van der Waals surface area contributed by atoms with Gasteiger partial charge in [-0.3, -0.25) is 0 Å². The minimum absolute atomic E-state index is 0.0306. The highest BCUT2D eigenvalue weighted by molar-refractivity contribution is 5.71. The van der Waals surface area contributed by atoms with Crippen molar-refractivity contribution in [2.75, 3.05) is 19.1 Å². The SMILES string of the molecule is COc1ncc(F)c(-c2ccc(-c3ncc(N(C)[C@H]4C[C@]5(C)CC[C@](C)(C4)N5)nn3)c(O)c2)n1. The van der Waals surface area contributed by atoms with Crippen LogP contribution in [-0.4, -0.2) is 61.5 Å². The van der Waals surface area contributed by atoms with E-state index < -0.39 is 5.82 Å². The number of aromatic hydroxyl groups is 1. The fourth-order valence-corrected chi connectivity index (χ4v) is 5.36. The molecule has 4 heterocycles.